The van der Waals surface area contributed by atoms with Crippen LogP contribution in [0.25, 0.3) is 0 Å². The lowest BCUT2D eigenvalue weighted by Crippen LogP contribution is -2.48. The maximum Gasteiger partial charge on any atom is 0.176 e. The molecule has 3 rings (SSSR count). The zero-order chi connectivity index (χ0) is 15.9. The van der Waals surface area contributed by atoms with Gasteiger partial charge < -0.3 is 4.90 Å². The van der Waals surface area contributed by atoms with Crippen LogP contribution >= 0.6 is 0 Å². The summed E-state index contributed by atoms with van der Waals surface area (Å²) in [4.78, 5) is 14.1. The van der Waals surface area contributed by atoms with Crippen LogP contribution in [-0.2, 0) is 18.4 Å². The Bertz CT molecular complexity index is 696. The molecular weight excluding hydrogens is 278 g/mol. The van der Waals surface area contributed by atoms with Crippen LogP contribution < -0.4 is 0 Å². The number of nitriles is 1. The van der Waals surface area contributed by atoms with Gasteiger partial charge in [-0.25, -0.2) is 0 Å². The smallest absolute Gasteiger partial charge is 0.176 e. The van der Waals surface area contributed by atoms with E-state index in [4.69, 9.17) is 10.7 Å². The van der Waals surface area contributed by atoms with Crippen LogP contribution in [0.15, 0.2) is 24.0 Å². The number of aryl methyl sites for hydroxylation is 1. The monoisotopic (exact) mass is 297 g/mol. The van der Waals surface area contributed by atoms with E-state index in [0.717, 1.165) is 18.5 Å². The number of carbonyl (C=O) groups is 1. The van der Waals surface area contributed by atoms with Crippen molar-refractivity contribution >= 4 is 11.6 Å². The lowest BCUT2D eigenvalue weighted by Gasteiger charge is -2.42. The highest BCUT2D eigenvalue weighted by Crippen LogP contribution is 2.38. The molecule has 0 bridgehead atoms. The molecule has 1 aromatic heterocycles. The van der Waals surface area contributed by atoms with Gasteiger partial charge in [-0.3, -0.25) is 14.9 Å². The van der Waals surface area contributed by atoms with Crippen molar-refractivity contribution in [2.75, 3.05) is 6.54 Å². The Kier molecular flexibility index (Phi) is 3.57. The molecule has 0 aromatic carbocycles. The van der Waals surface area contributed by atoms with E-state index in [0.29, 0.717) is 12.4 Å². The minimum absolute atomic E-state index is 0.0720. The quantitative estimate of drug-likeness (QED) is 0.896. The number of nitrogens with zero attached hydrogens (tertiary/aromatic N) is 4. The number of carbonyl (C=O) groups excluding carboxylic acids is 1. The molecule has 6 nitrogen and oxygen atoms in total. The van der Waals surface area contributed by atoms with Gasteiger partial charge in [0.2, 0.25) is 0 Å². The van der Waals surface area contributed by atoms with Crippen LogP contribution in [0.2, 0.25) is 0 Å². The SMILES string of the molecule is C[C@H]1C(=O)C(C#N)=CC2C(=N)N(Cc3cnn(C)c3)CC[C@@H]21. The highest BCUT2D eigenvalue weighted by atomic mass is 16.1. The van der Waals surface area contributed by atoms with E-state index >= 15 is 0 Å². The summed E-state index contributed by atoms with van der Waals surface area (Å²) in [6, 6.07) is 1.99. The first kappa shape index (κ1) is 14.5. The molecule has 0 spiro atoms. The summed E-state index contributed by atoms with van der Waals surface area (Å²) >= 11 is 0. The number of hydrogen-bond acceptors (Lipinski definition) is 4. The standard InChI is InChI=1S/C16H19N5O/c1-10-13-3-4-21(9-11-7-19-20(2)8-11)16(18)14(13)5-12(6-17)15(10)22/h5,7-8,10,13-14,18H,3-4,9H2,1-2H3/t10-,13-,14?/m1/s1. The summed E-state index contributed by atoms with van der Waals surface area (Å²) in [6.07, 6.45) is 6.33. The van der Waals surface area contributed by atoms with Crippen molar-refractivity contribution in [3.63, 3.8) is 0 Å². The lowest BCUT2D eigenvalue weighted by atomic mass is 9.69. The van der Waals surface area contributed by atoms with Gasteiger partial charge >= 0.3 is 0 Å². The second-order valence-electron chi connectivity index (χ2n) is 6.15. The van der Waals surface area contributed by atoms with Crippen molar-refractivity contribution in [1.82, 2.24) is 14.7 Å². The average molecular weight is 297 g/mol. The molecule has 1 saturated heterocycles. The van der Waals surface area contributed by atoms with E-state index in [1.165, 1.54) is 0 Å². The molecule has 1 N–H and O–H groups in total. The highest BCUT2D eigenvalue weighted by Gasteiger charge is 2.42. The Hall–Kier alpha value is -2.42. The number of likely N-dealkylation sites (tertiary alicyclic amines) is 1. The van der Waals surface area contributed by atoms with Crippen LogP contribution in [0, 0.1) is 34.5 Å². The zero-order valence-electron chi connectivity index (χ0n) is 12.8. The number of rotatable bonds is 2. The zero-order valence-corrected chi connectivity index (χ0v) is 12.8. The molecule has 1 aromatic rings. The molecule has 0 saturated carbocycles. The van der Waals surface area contributed by atoms with E-state index in [2.05, 4.69) is 5.10 Å². The van der Waals surface area contributed by atoms with Crippen molar-refractivity contribution in [1.29, 1.82) is 10.7 Å². The third-order valence-corrected chi connectivity index (χ3v) is 4.77. The Balaban J connectivity index is 1.83. The Labute approximate surface area is 129 Å². The number of Topliss-reactive ketones (excluding diaryl/α,β-unsaturated/α-hetero) is 1. The molecule has 0 radical (unpaired) electrons. The number of fused-ring (bicyclic) bond motifs is 1. The fourth-order valence-corrected chi connectivity index (χ4v) is 3.51. The third-order valence-electron chi connectivity index (χ3n) is 4.77. The molecule has 6 heteroatoms. The number of ketones is 1. The number of nitrogens with one attached hydrogen (secondary N) is 1. The van der Waals surface area contributed by atoms with E-state index in [9.17, 15) is 4.79 Å². The molecule has 0 amide bonds. The number of hydrogen-bond donors (Lipinski definition) is 1. The largest absolute Gasteiger partial charge is 0.356 e. The van der Waals surface area contributed by atoms with Crippen LogP contribution in [0.5, 0.6) is 0 Å². The second kappa shape index (κ2) is 5.41. The first-order chi connectivity index (χ1) is 10.5. The van der Waals surface area contributed by atoms with Gasteiger partial charge in [0.15, 0.2) is 5.78 Å². The van der Waals surface area contributed by atoms with Crippen LogP contribution in [0.3, 0.4) is 0 Å². The minimum atomic E-state index is -0.175. The molecule has 22 heavy (non-hydrogen) atoms. The molecule has 2 aliphatic rings. The molecule has 1 aliphatic heterocycles. The Morgan fingerprint density at radius 1 is 1.55 bits per heavy atom. The number of aromatic nitrogens is 2. The van der Waals surface area contributed by atoms with Gasteiger partial charge in [-0.2, -0.15) is 10.4 Å². The topological polar surface area (TPSA) is 85.8 Å². The van der Waals surface area contributed by atoms with Crippen LogP contribution in [0.1, 0.15) is 18.9 Å². The van der Waals surface area contributed by atoms with Gasteiger partial charge in [0.05, 0.1) is 11.8 Å². The van der Waals surface area contributed by atoms with Gasteiger partial charge in [-0.1, -0.05) is 13.0 Å². The lowest BCUT2D eigenvalue weighted by molar-refractivity contribution is -0.121. The maximum atomic E-state index is 12.1. The van der Waals surface area contributed by atoms with E-state index in [1.807, 2.05) is 37.3 Å². The Morgan fingerprint density at radius 2 is 2.32 bits per heavy atom. The fraction of sp³-hybridized carbons (Fsp3) is 0.500. The van der Waals surface area contributed by atoms with Gasteiger partial charge in [-0.05, 0) is 12.3 Å². The first-order valence-corrected chi connectivity index (χ1v) is 7.48. The normalized spacial score (nSPS) is 28.1. The summed E-state index contributed by atoms with van der Waals surface area (Å²) in [6.45, 7) is 3.30. The second-order valence-corrected chi connectivity index (χ2v) is 6.15. The molecule has 1 fully saturated rings. The van der Waals surface area contributed by atoms with Crippen LogP contribution in [0.4, 0.5) is 0 Å². The first-order valence-electron chi connectivity index (χ1n) is 7.48. The molecule has 2 heterocycles. The van der Waals surface area contributed by atoms with Crippen molar-refractivity contribution in [2.24, 2.45) is 24.8 Å². The minimum Gasteiger partial charge on any atom is -0.356 e. The van der Waals surface area contributed by atoms with Gasteiger partial charge in [-0.15, -0.1) is 0 Å². The summed E-state index contributed by atoms with van der Waals surface area (Å²) in [5.74, 6) is 0.269. The van der Waals surface area contributed by atoms with Crippen molar-refractivity contribution < 1.29 is 4.79 Å². The summed E-state index contributed by atoms with van der Waals surface area (Å²) in [5, 5.41) is 21.8. The highest BCUT2D eigenvalue weighted by molar-refractivity contribution is 6.03. The van der Waals surface area contributed by atoms with Gasteiger partial charge in [0, 0.05) is 43.7 Å². The van der Waals surface area contributed by atoms with E-state index < -0.39 is 0 Å². The predicted molar refractivity (Wildman–Crippen MR) is 80.8 cm³/mol. The van der Waals surface area contributed by atoms with Crippen molar-refractivity contribution in [3.05, 3.63) is 29.6 Å². The fourth-order valence-electron chi connectivity index (χ4n) is 3.51. The molecule has 114 valence electrons. The van der Waals surface area contributed by atoms with E-state index in [-0.39, 0.29) is 29.1 Å². The Morgan fingerprint density at radius 3 is 2.95 bits per heavy atom. The molecule has 3 atom stereocenters. The van der Waals surface area contributed by atoms with E-state index in [1.54, 1.807) is 10.8 Å². The molecule has 1 aliphatic carbocycles. The predicted octanol–water partition coefficient (Wildman–Crippen LogP) is 1.50. The number of allylic oxidation sites excluding steroid dienone is 1. The van der Waals surface area contributed by atoms with Crippen molar-refractivity contribution in [3.8, 4) is 6.07 Å². The maximum absolute atomic E-state index is 12.1. The average Bonchev–Trinajstić information content (AvgIpc) is 2.91. The number of amidine groups is 1. The summed E-state index contributed by atoms with van der Waals surface area (Å²) in [5.41, 5.74) is 1.27. The summed E-state index contributed by atoms with van der Waals surface area (Å²) < 4.78 is 1.75. The molecule has 1 unspecified atom stereocenters. The number of piperidine rings is 1. The molecular formula is C16H19N5O. The van der Waals surface area contributed by atoms with Gasteiger partial charge in [0.25, 0.3) is 0 Å². The summed E-state index contributed by atoms with van der Waals surface area (Å²) in [7, 11) is 1.87. The third kappa shape index (κ3) is 2.33. The van der Waals surface area contributed by atoms with Crippen molar-refractivity contribution in [2.45, 2.75) is 19.9 Å². The van der Waals surface area contributed by atoms with Gasteiger partial charge in [0.1, 0.15) is 11.9 Å². The van der Waals surface area contributed by atoms with Crippen LogP contribution in [-0.4, -0.2) is 32.8 Å².